The van der Waals surface area contributed by atoms with Gasteiger partial charge in [-0.15, -0.1) is 11.6 Å². The lowest BCUT2D eigenvalue weighted by molar-refractivity contribution is 0.364. The van der Waals surface area contributed by atoms with Crippen molar-refractivity contribution >= 4 is 27.5 Å². The SMILES string of the molecule is CC(C)(C)CC(Cl)CNCc1ccccc1Br. The average molecular weight is 319 g/mol. The largest absolute Gasteiger partial charge is 0.311 e. The van der Waals surface area contributed by atoms with Crippen molar-refractivity contribution in [2.75, 3.05) is 6.54 Å². The average Bonchev–Trinajstić information content (AvgIpc) is 2.18. The number of hydrogen-bond donors (Lipinski definition) is 1. The Kier molecular flexibility index (Phi) is 5.98. The second-order valence-corrected chi connectivity index (χ2v) is 7.06. The van der Waals surface area contributed by atoms with Crippen LogP contribution in [0.1, 0.15) is 32.8 Å². The molecule has 0 saturated heterocycles. The summed E-state index contributed by atoms with van der Waals surface area (Å²) >= 11 is 9.84. The number of alkyl halides is 1. The van der Waals surface area contributed by atoms with E-state index in [4.69, 9.17) is 11.6 Å². The van der Waals surface area contributed by atoms with E-state index in [-0.39, 0.29) is 5.38 Å². The summed E-state index contributed by atoms with van der Waals surface area (Å²) in [5.74, 6) is 0. The molecule has 0 aliphatic rings. The Morgan fingerprint density at radius 1 is 1.29 bits per heavy atom. The van der Waals surface area contributed by atoms with E-state index in [1.165, 1.54) is 5.56 Å². The standard InChI is InChI=1S/C14H21BrClN/c1-14(2,3)8-12(16)10-17-9-11-6-4-5-7-13(11)15/h4-7,12,17H,8-10H2,1-3H3. The molecule has 0 heterocycles. The molecule has 0 spiro atoms. The van der Waals surface area contributed by atoms with Crippen LogP contribution in [-0.4, -0.2) is 11.9 Å². The minimum atomic E-state index is 0.192. The summed E-state index contributed by atoms with van der Waals surface area (Å²) in [4.78, 5) is 0. The first-order chi connectivity index (χ1) is 7.88. The second kappa shape index (κ2) is 6.77. The fourth-order valence-corrected chi connectivity index (χ4v) is 2.74. The Bertz CT molecular complexity index is 346. The molecular weight excluding hydrogens is 298 g/mol. The van der Waals surface area contributed by atoms with E-state index in [9.17, 15) is 0 Å². The predicted octanol–water partition coefficient (Wildman–Crippen LogP) is 4.58. The third-order valence-corrected chi connectivity index (χ3v) is 3.56. The van der Waals surface area contributed by atoms with Crippen LogP contribution in [0.15, 0.2) is 28.7 Å². The summed E-state index contributed by atoms with van der Waals surface area (Å²) in [5.41, 5.74) is 1.56. The summed E-state index contributed by atoms with van der Waals surface area (Å²) in [6, 6.07) is 8.25. The van der Waals surface area contributed by atoms with Crippen molar-refractivity contribution in [2.45, 2.75) is 39.1 Å². The molecule has 17 heavy (non-hydrogen) atoms. The summed E-state index contributed by atoms with van der Waals surface area (Å²) in [5, 5.41) is 3.60. The molecule has 0 fully saturated rings. The van der Waals surface area contributed by atoms with Gasteiger partial charge in [0.25, 0.3) is 0 Å². The van der Waals surface area contributed by atoms with Crippen LogP contribution >= 0.6 is 27.5 Å². The summed E-state index contributed by atoms with van der Waals surface area (Å²) in [6.07, 6.45) is 1.03. The van der Waals surface area contributed by atoms with E-state index in [1.54, 1.807) is 0 Å². The Hall–Kier alpha value is -0.0500. The van der Waals surface area contributed by atoms with E-state index in [2.05, 4.69) is 60.2 Å². The van der Waals surface area contributed by atoms with Crippen LogP contribution in [0.3, 0.4) is 0 Å². The van der Waals surface area contributed by atoms with Crippen molar-refractivity contribution in [2.24, 2.45) is 5.41 Å². The highest BCUT2D eigenvalue weighted by Gasteiger charge is 2.16. The fraction of sp³-hybridized carbons (Fsp3) is 0.571. The third kappa shape index (κ3) is 6.44. The molecule has 1 atom stereocenters. The Labute approximate surface area is 118 Å². The smallest absolute Gasteiger partial charge is 0.0465 e. The van der Waals surface area contributed by atoms with Gasteiger partial charge in [0.05, 0.1) is 0 Å². The van der Waals surface area contributed by atoms with Crippen LogP contribution in [0.2, 0.25) is 0 Å². The molecule has 0 aliphatic carbocycles. The van der Waals surface area contributed by atoms with Crippen molar-refractivity contribution in [1.82, 2.24) is 5.32 Å². The number of halogens is 2. The van der Waals surface area contributed by atoms with Gasteiger partial charge in [-0.1, -0.05) is 54.9 Å². The van der Waals surface area contributed by atoms with E-state index in [1.807, 2.05) is 6.07 Å². The van der Waals surface area contributed by atoms with Crippen LogP contribution in [0.5, 0.6) is 0 Å². The Balaban J connectivity index is 2.31. The summed E-state index contributed by atoms with van der Waals surface area (Å²) < 4.78 is 1.15. The second-order valence-electron chi connectivity index (χ2n) is 5.58. The van der Waals surface area contributed by atoms with Gasteiger partial charge in [0.15, 0.2) is 0 Å². The zero-order valence-electron chi connectivity index (χ0n) is 10.8. The van der Waals surface area contributed by atoms with Gasteiger partial charge in [-0.05, 0) is 23.5 Å². The summed E-state index contributed by atoms with van der Waals surface area (Å²) in [6.45, 7) is 8.36. The van der Waals surface area contributed by atoms with E-state index < -0.39 is 0 Å². The van der Waals surface area contributed by atoms with Crippen molar-refractivity contribution in [3.63, 3.8) is 0 Å². The first-order valence-electron chi connectivity index (χ1n) is 5.97. The van der Waals surface area contributed by atoms with Crippen molar-refractivity contribution in [1.29, 1.82) is 0 Å². The quantitative estimate of drug-likeness (QED) is 0.783. The molecule has 1 aromatic rings. The number of benzene rings is 1. The van der Waals surface area contributed by atoms with Gasteiger partial charge in [-0.3, -0.25) is 0 Å². The molecule has 1 unspecified atom stereocenters. The van der Waals surface area contributed by atoms with E-state index in [0.29, 0.717) is 5.41 Å². The van der Waals surface area contributed by atoms with E-state index >= 15 is 0 Å². The minimum Gasteiger partial charge on any atom is -0.311 e. The molecule has 0 saturated carbocycles. The highest BCUT2D eigenvalue weighted by atomic mass is 79.9. The number of rotatable bonds is 5. The molecule has 0 bridgehead atoms. The summed E-state index contributed by atoms with van der Waals surface area (Å²) in [7, 11) is 0. The highest BCUT2D eigenvalue weighted by molar-refractivity contribution is 9.10. The third-order valence-electron chi connectivity index (χ3n) is 2.47. The van der Waals surface area contributed by atoms with Crippen molar-refractivity contribution in [3.05, 3.63) is 34.3 Å². The lowest BCUT2D eigenvalue weighted by atomic mass is 9.90. The van der Waals surface area contributed by atoms with Gasteiger partial charge in [0.2, 0.25) is 0 Å². The zero-order valence-corrected chi connectivity index (χ0v) is 13.1. The molecule has 0 amide bonds. The lowest BCUT2D eigenvalue weighted by Crippen LogP contribution is -2.26. The molecular formula is C14H21BrClN. The maximum atomic E-state index is 6.30. The van der Waals surface area contributed by atoms with Crippen LogP contribution in [0, 0.1) is 5.41 Å². The number of nitrogens with one attached hydrogen (secondary N) is 1. The van der Waals surface area contributed by atoms with Crippen LogP contribution in [-0.2, 0) is 6.54 Å². The van der Waals surface area contributed by atoms with E-state index in [0.717, 1.165) is 24.0 Å². The molecule has 0 aromatic heterocycles. The fourth-order valence-electron chi connectivity index (χ4n) is 1.74. The number of hydrogen-bond acceptors (Lipinski definition) is 1. The normalized spacial score (nSPS) is 13.7. The Morgan fingerprint density at radius 2 is 1.94 bits per heavy atom. The molecule has 0 aliphatic heterocycles. The topological polar surface area (TPSA) is 12.0 Å². The maximum absolute atomic E-state index is 6.30. The molecule has 1 aromatic carbocycles. The van der Waals surface area contributed by atoms with Crippen molar-refractivity contribution in [3.8, 4) is 0 Å². The maximum Gasteiger partial charge on any atom is 0.0465 e. The molecule has 1 nitrogen and oxygen atoms in total. The predicted molar refractivity (Wildman–Crippen MR) is 79.6 cm³/mol. The zero-order chi connectivity index (χ0) is 12.9. The molecule has 96 valence electrons. The molecule has 3 heteroatoms. The van der Waals surface area contributed by atoms with Gasteiger partial charge >= 0.3 is 0 Å². The van der Waals surface area contributed by atoms with Gasteiger partial charge < -0.3 is 5.32 Å². The van der Waals surface area contributed by atoms with Gasteiger partial charge in [0, 0.05) is 22.9 Å². The monoisotopic (exact) mass is 317 g/mol. The lowest BCUT2D eigenvalue weighted by Gasteiger charge is -2.22. The molecule has 0 radical (unpaired) electrons. The highest BCUT2D eigenvalue weighted by Crippen LogP contribution is 2.23. The van der Waals surface area contributed by atoms with Gasteiger partial charge in [0.1, 0.15) is 0 Å². The van der Waals surface area contributed by atoms with Crippen LogP contribution < -0.4 is 5.32 Å². The first kappa shape index (κ1) is 15.0. The van der Waals surface area contributed by atoms with Gasteiger partial charge in [-0.25, -0.2) is 0 Å². The van der Waals surface area contributed by atoms with Crippen LogP contribution in [0.4, 0.5) is 0 Å². The molecule has 1 rings (SSSR count). The minimum absolute atomic E-state index is 0.192. The van der Waals surface area contributed by atoms with Crippen molar-refractivity contribution < 1.29 is 0 Å². The first-order valence-corrected chi connectivity index (χ1v) is 7.19. The molecule has 1 N–H and O–H groups in total. The Morgan fingerprint density at radius 3 is 2.53 bits per heavy atom. The van der Waals surface area contributed by atoms with Gasteiger partial charge in [-0.2, -0.15) is 0 Å². The van der Waals surface area contributed by atoms with Crippen LogP contribution in [0.25, 0.3) is 0 Å².